The fourth-order valence-corrected chi connectivity index (χ4v) is 3.27. The molecule has 144 valence electrons. The van der Waals surface area contributed by atoms with Gasteiger partial charge in [0, 0.05) is 39.8 Å². The number of likely N-dealkylation sites (tertiary alicyclic amines) is 1. The van der Waals surface area contributed by atoms with Gasteiger partial charge in [0.1, 0.15) is 5.82 Å². The second kappa shape index (κ2) is 9.52. The Morgan fingerprint density at radius 2 is 2.08 bits per heavy atom. The van der Waals surface area contributed by atoms with Crippen LogP contribution in [0.25, 0.3) is 0 Å². The van der Waals surface area contributed by atoms with Crippen LogP contribution in [-0.4, -0.2) is 69.1 Å². The van der Waals surface area contributed by atoms with E-state index in [0.29, 0.717) is 6.54 Å². The molecular weight excluding hydrogens is 335 g/mol. The fraction of sp³-hybridized carbons (Fsp3) is 0.579. The number of guanidine groups is 1. The Hall–Kier alpha value is -2.15. The lowest BCUT2D eigenvalue weighted by Gasteiger charge is -2.23. The predicted octanol–water partition coefficient (Wildman–Crippen LogP) is 1.57. The van der Waals surface area contributed by atoms with Crippen LogP contribution < -0.4 is 5.32 Å². The number of hydrogen-bond acceptors (Lipinski definition) is 4. The number of halogens is 1. The summed E-state index contributed by atoms with van der Waals surface area (Å²) in [5.74, 6) is 0.557. The maximum Gasteiger partial charge on any atom is 0.310 e. The fourth-order valence-electron chi connectivity index (χ4n) is 3.27. The number of rotatable bonds is 6. The van der Waals surface area contributed by atoms with Gasteiger partial charge in [-0.1, -0.05) is 19.1 Å². The first-order valence-corrected chi connectivity index (χ1v) is 8.91. The minimum Gasteiger partial charge on any atom is -0.469 e. The van der Waals surface area contributed by atoms with Crippen LogP contribution in [0.2, 0.25) is 0 Å². The lowest BCUT2D eigenvalue weighted by molar-refractivity contribution is -0.145. The van der Waals surface area contributed by atoms with Crippen LogP contribution >= 0.6 is 0 Å². The molecule has 2 unspecified atom stereocenters. The zero-order chi connectivity index (χ0) is 19.1. The van der Waals surface area contributed by atoms with Crippen LogP contribution in [-0.2, 0) is 16.1 Å². The minimum atomic E-state index is -0.216. The van der Waals surface area contributed by atoms with Crippen molar-refractivity contribution >= 4 is 11.9 Å². The summed E-state index contributed by atoms with van der Waals surface area (Å²) in [7, 11) is 5.21. The molecule has 1 saturated heterocycles. The summed E-state index contributed by atoms with van der Waals surface area (Å²) < 4.78 is 17.8. The van der Waals surface area contributed by atoms with Crippen molar-refractivity contribution in [1.29, 1.82) is 0 Å². The van der Waals surface area contributed by atoms with Crippen molar-refractivity contribution in [3.63, 3.8) is 0 Å². The molecule has 0 bridgehead atoms. The number of carbonyl (C=O) groups excluding carboxylic acids is 1. The SMILES string of the molecule is CN=C(NCCN(C)Cc1ccc(F)cc1)N1CC(C)C(C(=O)OC)C1. The normalized spacial score (nSPS) is 20.5. The topological polar surface area (TPSA) is 57.2 Å². The van der Waals surface area contributed by atoms with Gasteiger partial charge in [-0.3, -0.25) is 9.79 Å². The first kappa shape index (κ1) is 20.2. The van der Waals surface area contributed by atoms with E-state index in [0.717, 1.165) is 37.7 Å². The molecule has 0 radical (unpaired) electrons. The first-order chi connectivity index (χ1) is 12.4. The molecule has 26 heavy (non-hydrogen) atoms. The summed E-state index contributed by atoms with van der Waals surface area (Å²) in [6, 6.07) is 6.57. The Kier molecular flexibility index (Phi) is 7.38. The van der Waals surface area contributed by atoms with Crippen LogP contribution in [0, 0.1) is 17.7 Å². The van der Waals surface area contributed by atoms with E-state index < -0.39 is 0 Å². The van der Waals surface area contributed by atoms with Crippen molar-refractivity contribution in [2.24, 2.45) is 16.8 Å². The lowest BCUT2D eigenvalue weighted by atomic mass is 9.99. The molecular formula is C19H29FN4O2. The summed E-state index contributed by atoms with van der Waals surface area (Å²) in [5, 5.41) is 3.36. The van der Waals surface area contributed by atoms with Crippen LogP contribution in [0.4, 0.5) is 4.39 Å². The van der Waals surface area contributed by atoms with Crippen molar-refractivity contribution in [2.45, 2.75) is 13.5 Å². The van der Waals surface area contributed by atoms with Crippen molar-refractivity contribution in [1.82, 2.24) is 15.1 Å². The Morgan fingerprint density at radius 1 is 1.38 bits per heavy atom. The van der Waals surface area contributed by atoms with Gasteiger partial charge in [-0.2, -0.15) is 0 Å². The monoisotopic (exact) mass is 364 g/mol. The van der Waals surface area contributed by atoms with Crippen LogP contribution in [0.1, 0.15) is 12.5 Å². The molecule has 1 aromatic rings. The smallest absolute Gasteiger partial charge is 0.310 e. The number of nitrogens with zero attached hydrogens (tertiary/aromatic N) is 3. The second-order valence-electron chi connectivity index (χ2n) is 6.85. The number of likely N-dealkylation sites (N-methyl/N-ethyl adjacent to an activating group) is 1. The average molecular weight is 364 g/mol. The van der Waals surface area contributed by atoms with Crippen LogP contribution in [0.3, 0.4) is 0 Å². The Labute approximate surface area is 155 Å². The van der Waals surface area contributed by atoms with Gasteiger partial charge < -0.3 is 19.9 Å². The molecule has 1 aliphatic heterocycles. The number of methoxy groups -OCH3 is 1. The van der Waals surface area contributed by atoms with E-state index in [2.05, 4.69) is 27.0 Å². The number of esters is 1. The van der Waals surface area contributed by atoms with E-state index in [9.17, 15) is 9.18 Å². The summed E-state index contributed by atoms with van der Waals surface area (Å²) >= 11 is 0. The molecule has 1 aromatic carbocycles. The van der Waals surface area contributed by atoms with Gasteiger partial charge in [0.2, 0.25) is 0 Å². The molecule has 0 saturated carbocycles. The molecule has 1 N–H and O–H groups in total. The maximum absolute atomic E-state index is 13.0. The summed E-state index contributed by atoms with van der Waals surface area (Å²) in [5.41, 5.74) is 1.08. The van der Waals surface area contributed by atoms with E-state index in [-0.39, 0.29) is 23.6 Å². The largest absolute Gasteiger partial charge is 0.469 e. The third kappa shape index (κ3) is 5.42. The molecule has 0 spiro atoms. The number of aliphatic imine (C=N–C) groups is 1. The predicted molar refractivity (Wildman–Crippen MR) is 100 cm³/mol. The van der Waals surface area contributed by atoms with Crippen molar-refractivity contribution in [3.05, 3.63) is 35.6 Å². The standard InChI is InChI=1S/C19H29FN4O2/c1-14-11-24(13-17(14)18(25)26-4)19(21-2)22-9-10-23(3)12-15-5-7-16(20)8-6-15/h5-8,14,17H,9-13H2,1-4H3,(H,21,22). The Bertz CT molecular complexity index is 620. The molecule has 1 aliphatic rings. The quantitative estimate of drug-likeness (QED) is 0.472. The third-order valence-electron chi connectivity index (χ3n) is 4.77. The Morgan fingerprint density at radius 3 is 2.69 bits per heavy atom. The first-order valence-electron chi connectivity index (χ1n) is 8.91. The highest BCUT2D eigenvalue weighted by Crippen LogP contribution is 2.23. The van der Waals surface area contributed by atoms with E-state index in [4.69, 9.17) is 4.74 Å². The van der Waals surface area contributed by atoms with Crippen LogP contribution in [0.5, 0.6) is 0 Å². The summed E-state index contributed by atoms with van der Waals surface area (Å²) in [4.78, 5) is 20.4. The van der Waals surface area contributed by atoms with Crippen molar-refractivity contribution in [3.8, 4) is 0 Å². The van der Waals surface area contributed by atoms with E-state index in [1.807, 2.05) is 7.05 Å². The maximum atomic E-state index is 13.0. The molecule has 0 amide bonds. The highest BCUT2D eigenvalue weighted by atomic mass is 19.1. The van der Waals surface area contributed by atoms with Gasteiger partial charge in [-0.05, 0) is 30.7 Å². The van der Waals surface area contributed by atoms with Gasteiger partial charge in [0.05, 0.1) is 13.0 Å². The highest BCUT2D eigenvalue weighted by Gasteiger charge is 2.36. The zero-order valence-corrected chi connectivity index (χ0v) is 16.0. The van der Waals surface area contributed by atoms with Gasteiger partial charge in [0.25, 0.3) is 0 Å². The third-order valence-corrected chi connectivity index (χ3v) is 4.77. The van der Waals surface area contributed by atoms with Gasteiger partial charge in [-0.25, -0.2) is 4.39 Å². The summed E-state index contributed by atoms with van der Waals surface area (Å²) in [6.45, 7) is 5.78. The van der Waals surface area contributed by atoms with E-state index in [1.54, 1.807) is 19.2 Å². The van der Waals surface area contributed by atoms with E-state index in [1.165, 1.54) is 19.2 Å². The molecule has 0 aromatic heterocycles. The number of ether oxygens (including phenoxy) is 1. The lowest BCUT2D eigenvalue weighted by Crippen LogP contribution is -2.43. The number of nitrogens with one attached hydrogen (secondary N) is 1. The number of carbonyl (C=O) groups is 1. The molecule has 6 nitrogen and oxygen atoms in total. The van der Waals surface area contributed by atoms with Gasteiger partial charge in [-0.15, -0.1) is 0 Å². The van der Waals surface area contributed by atoms with Gasteiger partial charge in [0.15, 0.2) is 5.96 Å². The highest BCUT2D eigenvalue weighted by molar-refractivity contribution is 5.82. The van der Waals surface area contributed by atoms with E-state index >= 15 is 0 Å². The number of benzene rings is 1. The molecule has 0 aliphatic carbocycles. The average Bonchev–Trinajstić information content (AvgIpc) is 3.01. The van der Waals surface area contributed by atoms with Crippen molar-refractivity contribution in [2.75, 3.05) is 47.4 Å². The zero-order valence-electron chi connectivity index (χ0n) is 16.0. The molecule has 2 rings (SSSR count). The summed E-state index contributed by atoms with van der Waals surface area (Å²) in [6.07, 6.45) is 0. The van der Waals surface area contributed by atoms with Crippen molar-refractivity contribution < 1.29 is 13.9 Å². The Balaban J connectivity index is 1.78. The molecule has 7 heteroatoms. The second-order valence-corrected chi connectivity index (χ2v) is 6.85. The molecule has 1 heterocycles. The van der Waals surface area contributed by atoms with Crippen LogP contribution in [0.15, 0.2) is 29.3 Å². The van der Waals surface area contributed by atoms with Gasteiger partial charge >= 0.3 is 5.97 Å². The minimum absolute atomic E-state index is 0.111. The molecule has 1 fully saturated rings. The molecule has 2 atom stereocenters. The number of hydrogen-bond donors (Lipinski definition) is 1.